The summed E-state index contributed by atoms with van der Waals surface area (Å²) in [5.41, 5.74) is 0.723. The molecule has 146 valence electrons. The van der Waals surface area contributed by atoms with Crippen molar-refractivity contribution in [1.29, 1.82) is 0 Å². The molecule has 0 unspecified atom stereocenters. The first-order chi connectivity index (χ1) is 14.0. The Morgan fingerprint density at radius 1 is 1.21 bits per heavy atom. The smallest absolute Gasteiger partial charge is 0.336 e. The summed E-state index contributed by atoms with van der Waals surface area (Å²) < 4.78 is 25.0. The van der Waals surface area contributed by atoms with Crippen LogP contribution in [0.25, 0.3) is 11.0 Å². The predicted molar refractivity (Wildman–Crippen MR) is 108 cm³/mol. The summed E-state index contributed by atoms with van der Waals surface area (Å²) in [7, 11) is 0. The third kappa shape index (κ3) is 4.02. The minimum atomic E-state index is -0.506. The molecule has 0 aliphatic heterocycles. The quantitative estimate of drug-likeness (QED) is 0.448. The van der Waals surface area contributed by atoms with E-state index in [1.165, 1.54) is 41.4 Å². The molecule has 4 aromatic rings. The van der Waals surface area contributed by atoms with E-state index in [1.54, 1.807) is 41.8 Å². The van der Waals surface area contributed by atoms with E-state index in [-0.39, 0.29) is 18.2 Å². The van der Waals surface area contributed by atoms with E-state index < -0.39 is 11.4 Å². The van der Waals surface area contributed by atoms with Gasteiger partial charge in [-0.15, -0.1) is 11.3 Å². The Labute approximate surface area is 168 Å². The summed E-state index contributed by atoms with van der Waals surface area (Å²) in [5, 5.41) is 2.88. The number of benzene rings is 2. The van der Waals surface area contributed by atoms with Gasteiger partial charge in [0.15, 0.2) is 5.13 Å². The number of hydrogen-bond donors (Lipinski definition) is 0. The molecule has 0 spiro atoms. The van der Waals surface area contributed by atoms with Crippen molar-refractivity contribution in [2.45, 2.75) is 13.5 Å². The zero-order valence-corrected chi connectivity index (χ0v) is 16.1. The van der Waals surface area contributed by atoms with Gasteiger partial charge in [0.1, 0.15) is 23.8 Å². The van der Waals surface area contributed by atoms with Gasteiger partial charge in [-0.3, -0.25) is 9.69 Å². The number of nitrogens with zero attached hydrogens (tertiary/aromatic N) is 2. The molecule has 0 aliphatic carbocycles. The van der Waals surface area contributed by atoms with Crippen LogP contribution in [0.3, 0.4) is 0 Å². The highest BCUT2D eigenvalue weighted by molar-refractivity contribution is 7.14. The molecule has 0 bridgehead atoms. The maximum atomic E-state index is 14.1. The number of fused-ring (bicyclic) bond motifs is 1. The first kappa shape index (κ1) is 18.8. The van der Waals surface area contributed by atoms with Crippen molar-refractivity contribution in [3.63, 3.8) is 0 Å². The lowest BCUT2D eigenvalue weighted by Gasteiger charge is -2.18. The fourth-order valence-corrected chi connectivity index (χ4v) is 3.66. The molecule has 2 heterocycles. The van der Waals surface area contributed by atoms with Gasteiger partial charge in [0.05, 0.1) is 11.4 Å². The SMILES string of the molecule is CC(=O)N(c1nc(COc2ccc3ccc(=O)oc3c2)cs1)c1ccccc1F. The number of hydrogen-bond acceptors (Lipinski definition) is 6. The average molecular weight is 410 g/mol. The molecule has 0 saturated heterocycles. The Kier molecular flexibility index (Phi) is 5.09. The summed E-state index contributed by atoms with van der Waals surface area (Å²) >= 11 is 1.22. The third-order valence-corrected chi connectivity index (χ3v) is 5.00. The molecule has 4 rings (SSSR count). The zero-order chi connectivity index (χ0) is 20.4. The van der Waals surface area contributed by atoms with E-state index in [1.807, 2.05) is 0 Å². The summed E-state index contributed by atoms with van der Waals surface area (Å²) in [4.78, 5) is 29.1. The molecule has 6 nitrogen and oxygen atoms in total. The van der Waals surface area contributed by atoms with E-state index in [0.29, 0.717) is 22.2 Å². The van der Waals surface area contributed by atoms with Crippen molar-refractivity contribution >= 4 is 39.0 Å². The molecule has 2 aromatic carbocycles. The van der Waals surface area contributed by atoms with Gasteiger partial charge in [-0.2, -0.15) is 0 Å². The molecule has 0 radical (unpaired) electrons. The summed E-state index contributed by atoms with van der Waals surface area (Å²) in [6, 6.07) is 14.2. The van der Waals surface area contributed by atoms with Crippen LogP contribution >= 0.6 is 11.3 Å². The van der Waals surface area contributed by atoms with Crippen LogP contribution in [0.15, 0.2) is 69.2 Å². The number of halogens is 1. The first-order valence-corrected chi connectivity index (χ1v) is 9.55. The minimum Gasteiger partial charge on any atom is -0.487 e. The molecule has 0 saturated carbocycles. The Balaban J connectivity index is 1.54. The number of ether oxygens (including phenoxy) is 1. The predicted octanol–water partition coefficient (Wildman–Crippen LogP) is 4.65. The lowest BCUT2D eigenvalue weighted by molar-refractivity contribution is -0.115. The van der Waals surface area contributed by atoms with Gasteiger partial charge in [0.2, 0.25) is 5.91 Å². The van der Waals surface area contributed by atoms with Crippen LogP contribution in [0, 0.1) is 5.82 Å². The maximum absolute atomic E-state index is 14.1. The maximum Gasteiger partial charge on any atom is 0.336 e. The van der Waals surface area contributed by atoms with E-state index in [2.05, 4.69) is 4.98 Å². The van der Waals surface area contributed by atoms with Crippen LogP contribution in [0.4, 0.5) is 15.2 Å². The highest BCUT2D eigenvalue weighted by Gasteiger charge is 2.21. The normalized spacial score (nSPS) is 10.8. The molecule has 0 aliphatic rings. The second-order valence-corrected chi connectivity index (χ2v) is 7.01. The van der Waals surface area contributed by atoms with Gasteiger partial charge in [-0.25, -0.2) is 14.2 Å². The number of aromatic nitrogens is 1. The van der Waals surface area contributed by atoms with Gasteiger partial charge in [-0.05, 0) is 30.3 Å². The summed E-state index contributed by atoms with van der Waals surface area (Å²) in [5.74, 6) is -0.339. The average Bonchev–Trinajstić information content (AvgIpc) is 3.16. The second-order valence-electron chi connectivity index (χ2n) is 6.17. The lowest BCUT2D eigenvalue weighted by Crippen LogP contribution is -2.23. The number of anilines is 2. The van der Waals surface area contributed by atoms with Crippen LogP contribution in [0.5, 0.6) is 5.75 Å². The standard InChI is InChI=1S/C21H15FN2O4S/c1-13(25)24(18-5-3-2-4-17(18)22)21-23-15(12-29-21)11-27-16-8-6-14-7-9-20(26)28-19(14)10-16/h2-10,12H,11H2,1H3. The molecular weight excluding hydrogens is 395 g/mol. The molecule has 29 heavy (non-hydrogen) atoms. The Bertz CT molecular complexity index is 1250. The second kappa shape index (κ2) is 7.84. The monoisotopic (exact) mass is 410 g/mol. The van der Waals surface area contributed by atoms with E-state index in [4.69, 9.17) is 9.15 Å². The highest BCUT2D eigenvalue weighted by atomic mass is 32.1. The van der Waals surface area contributed by atoms with E-state index in [0.717, 1.165) is 5.39 Å². The Morgan fingerprint density at radius 2 is 2.00 bits per heavy atom. The summed E-state index contributed by atoms with van der Waals surface area (Å²) in [6.45, 7) is 1.49. The number of carbonyl (C=O) groups is 1. The summed E-state index contributed by atoms with van der Waals surface area (Å²) in [6.07, 6.45) is 0. The van der Waals surface area contributed by atoms with Gasteiger partial charge >= 0.3 is 5.63 Å². The van der Waals surface area contributed by atoms with Crippen molar-refractivity contribution in [3.05, 3.63) is 81.9 Å². The van der Waals surface area contributed by atoms with Crippen molar-refractivity contribution in [1.82, 2.24) is 4.98 Å². The van der Waals surface area contributed by atoms with Crippen LogP contribution in [-0.2, 0) is 11.4 Å². The number of para-hydroxylation sites is 1. The van der Waals surface area contributed by atoms with E-state index >= 15 is 0 Å². The van der Waals surface area contributed by atoms with Gasteiger partial charge in [0, 0.05) is 29.8 Å². The molecule has 2 aromatic heterocycles. The topological polar surface area (TPSA) is 72.6 Å². The molecule has 0 atom stereocenters. The van der Waals surface area contributed by atoms with Crippen LogP contribution in [0.2, 0.25) is 0 Å². The van der Waals surface area contributed by atoms with E-state index in [9.17, 15) is 14.0 Å². The molecular formula is C21H15FN2O4S. The highest BCUT2D eigenvalue weighted by Crippen LogP contribution is 2.31. The number of rotatable bonds is 5. The fraction of sp³-hybridized carbons (Fsp3) is 0.0952. The first-order valence-electron chi connectivity index (χ1n) is 8.67. The molecule has 1 amide bonds. The third-order valence-electron chi connectivity index (χ3n) is 4.12. The molecule has 0 N–H and O–H groups in total. The van der Waals surface area contributed by atoms with Crippen LogP contribution < -0.4 is 15.3 Å². The number of amides is 1. The van der Waals surface area contributed by atoms with Crippen molar-refractivity contribution < 1.29 is 18.3 Å². The lowest BCUT2D eigenvalue weighted by atomic mass is 10.2. The molecule has 8 heteroatoms. The van der Waals surface area contributed by atoms with Crippen LogP contribution in [-0.4, -0.2) is 10.9 Å². The molecule has 0 fully saturated rings. The number of thiazole rings is 1. The fourth-order valence-electron chi connectivity index (χ4n) is 2.79. The minimum absolute atomic E-state index is 0.141. The Morgan fingerprint density at radius 3 is 2.79 bits per heavy atom. The Hall–Kier alpha value is -3.52. The van der Waals surface area contributed by atoms with Crippen LogP contribution in [0.1, 0.15) is 12.6 Å². The zero-order valence-electron chi connectivity index (χ0n) is 15.3. The largest absolute Gasteiger partial charge is 0.487 e. The number of carbonyl (C=O) groups excluding carboxylic acids is 1. The van der Waals surface area contributed by atoms with Crippen molar-refractivity contribution in [2.24, 2.45) is 0 Å². The van der Waals surface area contributed by atoms with Gasteiger partial charge in [0.25, 0.3) is 0 Å². The van der Waals surface area contributed by atoms with Gasteiger partial charge in [-0.1, -0.05) is 12.1 Å². The van der Waals surface area contributed by atoms with Crippen molar-refractivity contribution in [2.75, 3.05) is 4.90 Å². The van der Waals surface area contributed by atoms with Gasteiger partial charge < -0.3 is 9.15 Å². The van der Waals surface area contributed by atoms with Crippen molar-refractivity contribution in [3.8, 4) is 5.75 Å².